The van der Waals surface area contributed by atoms with Crippen LogP contribution >= 0.6 is 34.8 Å². The van der Waals surface area contributed by atoms with E-state index in [4.69, 9.17) is 44.3 Å². The highest BCUT2D eigenvalue weighted by Crippen LogP contribution is 2.43. The number of benzene rings is 2. The van der Waals surface area contributed by atoms with Crippen molar-refractivity contribution in [3.05, 3.63) is 93.5 Å². The van der Waals surface area contributed by atoms with Crippen LogP contribution in [0.1, 0.15) is 69.6 Å². The second-order valence-corrected chi connectivity index (χ2v) is 12.0. The Morgan fingerprint density at radius 1 is 0.660 bits per heavy atom. The zero-order chi connectivity index (χ0) is 36.4. The number of alkyl halides is 6. The third kappa shape index (κ3) is 10.3. The molecule has 4 aromatic rings. The topological polar surface area (TPSA) is 117 Å². The van der Waals surface area contributed by atoms with E-state index in [2.05, 4.69) is 19.4 Å². The molecule has 2 fully saturated rings. The van der Waals surface area contributed by atoms with Gasteiger partial charge in [0.1, 0.15) is 40.1 Å². The van der Waals surface area contributed by atoms with Crippen LogP contribution in [0.3, 0.4) is 0 Å². The van der Waals surface area contributed by atoms with E-state index in [0.29, 0.717) is 11.6 Å². The third-order valence-corrected chi connectivity index (χ3v) is 7.72. The van der Waals surface area contributed by atoms with E-state index in [-0.39, 0.29) is 50.1 Å². The summed E-state index contributed by atoms with van der Waals surface area (Å²) in [6.07, 6.45) is -3.27. The SMILES string of the molecule is O=C(Cl)c1cnc(C2CC2)cc1Oc1ccc(OC(F)(F)F)c(Cl)c1.O=C(O)c1cnc(C2CC2)cc1Oc1ccc(OC(F)(F)F)c(Cl)c1. The van der Waals surface area contributed by atoms with Crippen LogP contribution in [0.5, 0.6) is 34.5 Å². The van der Waals surface area contributed by atoms with Gasteiger partial charge < -0.3 is 24.1 Å². The zero-order valence-corrected chi connectivity index (χ0v) is 27.2. The predicted molar refractivity (Wildman–Crippen MR) is 166 cm³/mol. The normalized spacial score (nSPS) is 14.3. The van der Waals surface area contributed by atoms with Gasteiger partial charge in [0.15, 0.2) is 0 Å². The quantitative estimate of drug-likeness (QED) is 0.124. The number of hydrogen-bond acceptors (Lipinski definition) is 8. The average Bonchev–Trinajstić information content (AvgIpc) is 3.93. The van der Waals surface area contributed by atoms with Gasteiger partial charge in [-0.3, -0.25) is 14.8 Å². The van der Waals surface area contributed by atoms with E-state index in [9.17, 15) is 41.0 Å². The molecule has 9 nitrogen and oxygen atoms in total. The number of carbonyl (C=O) groups excluding carboxylic acids is 1. The van der Waals surface area contributed by atoms with E-state index in [0.717, 1.165) is 55.6 Å². The number of nitrogens with zero attached hydrogens (tertiary/aromatic N) is 2. The fourth-order valence-corrected chi connectivity index (χ4v) is 4.90. The van der Waals surface area contributed by atoms with Crippen LogP contribution in [0.25, 0.3) is 0 Å². The number of aromatic carboxylic acids is 1. The molecule has 0 spiro atoms. The second kappa shape index (κ2) is 14.8. The van der Waals surface area contributed by atoms with Gasteiger partial charge in [-0.2, -0.15) is 0 Å². The first kappa shape index (κ1) is 36.8. The van der Waals surface area contributed by atoms with Gasteiger partial charge >= 0.3 is 18.7 Å². The first-order valence-electron chi connectivity index (χ1n) is 14.3. The van der Waals surface area contributed by atoms with Gasteiger partial charge in [-0.25, -0.2) is 4.79 Å². The van der Waals surface area contributed by atoms with Gasteiger partial charge in [0.05, 0.1) is 15.6 Å². The molecule has 0 aliphatic heterocycles. The Labute approximate surface area is 293 Å². The molecule has 2 saturated carbocycles. The van der Waals surface area contributed by atoms with Crippen molar-refractivity contribution in [2.24, 2.45) is 0 Å². The van der Waals surface area contributed by atoms with E-state index < -0.39 is 35.4 Å². The van der Waals surface area contributed by atoms with Crippen molar-refractivity contribution in [3.8, 4) is 34.5 Å². The number of pyridine rings is 2. The monoisotopic (exact) mass is 764 g/mol. The number of ether oxygens (including phenoxy) is 4. The summed E-state index contributed by atoms with van der Waals surface area (Å²) in [6.45, 7) is 0. The predicted octanol–water partition coefficient (Wildman–Crippen LogP) is 10.7. The molecular weight excluding hydrogens is 745 g/mol. The lowest BCUT2D eigenvalue weighted by molar-refractivity contribution is -0.275. The van der Waals surface area contributed by atoms with Crippen molar-refractivity contribution in [1.29, 1.82) is 0 Å². The first-order chi connectivity index (χ1) is 23.5. The summed E-state index contributed by atoms with van der Waals surface area (Å²) in [5.41, 5.74) is 1.37. The van der Waals surface area contributed by atoms with Crippen LogP contribution in [0, 0.1) is 0 Å². The third-order valence-electron chi connectivity index (χ3n) is 6.92. The number of carboxylic acids is 1. The lowest BCUT2D eigenvalue weighted by Crippen LogP contribution is -2.17. The molecule has 2 heterocycles. The van der Waals surface area contributed by atoms with Gasteiger partial charge in [-0.1, -0.05) is 23.2 Å². The Morgan fingerprint density at radius 3 is 1.40 bits per heavy atom. The number of aromatic nitrogens is 2. The minimum Gasteiger partial charge on any atom is -0.477 e. The minimum absolute atomic E-state index is 0.0463. The van der Waals surface area contributed by atoms with Crippen molar-refractivity contribution in [2.75, 3.05) is 0 Å². The van der Waals surface area contributed by atoms with Crippen LogP contribution in [0.15, 0.2) is 60.9 Å². The van der Waals surface area contributed by atoms with Crippen molar-refractivity contribution >= 4 is 46.0 Å². The fourth-order valence-electron chi connectivity index (χ4n) is 4.34. The summed E-state index contributed by atoms with van der Waals surface area (Å²) >= 11 is 17.1. The maximum Gasteiger partial charge on any atom is 0.573 e. The van der Waals surface area contributed by atoms with Crippen LogP contribution < -0.4 is 18.9 Å². The van der Waals surface area contributed by atoms with E-state index in [1.54, 1.807) is 6.07 Å². The Balaban J connectivity index is 0.000000194. The van der Waals surface area contributed by atoms with Crippen molar-refractivity contribution < 1.29 is 60.0 Å². The minimum atomic E-state index is -4.87. The number of halogens is 9. The number of carbonyl (C=O) groups is 2. The molecule has 18 heteroatoms. The molecule has 0 atom stereocenters. The molecule has 2 aromatic heterocycles. The van der Waals surface area contributed by atoms with E-state index in [1.807, 2.05) is 0 Å². The highest BCUT2D eigenvalue weighted by Gasteiger charge is 2.33. The molecule has 50 heavy (non-hydrogen) atoms. The molecule has 2 aromatic carbocycles. The van der Waals surface area contributed by atoms with Gasteiger partial charge in [-0.05, 0) is 61.5 Å². The Kier molecular flexibility index (Phi) is 10.9. The van der Waals surface area contributed by atoms with Gasteiger partial charge in [0.25, 0.3) is 5.24 Å². The number of hydrogen-bond donors (Lipinski definition) is 1. The molecular formula is C32H21Cl3F6N2O7. The van der Waals surface area contributed by atoms with Crippen LogP contribution in [-0.2, 0) is 0 Å². The fraction of sp³-hybridized carbons (Fsp3) is 0.250. The maximum atomic E-state index is 12.3. The Hall–Kier alpha value is -4.47. The molecule has 6 rings (SSSR count). The molecule has 0 bridgehead atoms. The van der Waals surface area contributed by atoms with Crippen LogP contribution in [0.4, 0.5) is 26.3 Å². The molecule has 2 aliphatic rings. The maximum absolute atomic E-state index is 12.3. The zero-order valence-electron chi connectivity index (χ0n) is 24.9. The Morgan fingerprint density at radius 2 is 1.06 bits per heavy atom. The van der Waals surface area contributed by atoms with Gasteiger partial charge in [0, 0.05) is 59.9 Å². The van der Waals surface area contributed by atoms with Crippen LogP contribution in [-0.4, -0.2) is 39.0 Å². The molecule has 0 amide bonds. The highest BCUT2D eigenvalue weighted by atomic mass is 35.5. The van der Waals surface area contributed by atoms with Gasteiger partial charge in [0.2, 0.25) is 0 Å². The van der Waals surface area contributed by atoms with E-state index in [1.165, 1.54) is 30.6 Å². The summed E-state index contributed by atoms with van der Waals surface area (Å²) < 4.78 is 92.2. The molecule has 2 aliphatic carbocycles. The number of carboxylic acid groups (broad SMARTS) is 1. The number of rotatable bonds is 10. The first-order valence-corrected chi connectivity index (χ1v) is 15.5. The smallest absolute Gasteiger partial charge is 0.477 e. The van der Waals surface area contributed by atoms with Crippen molar-refractivity contribution in [3.63, 3.8) is 0 Å². The van der Waals surface area contributed by atoms with E-state index >= 15 is 0 Å². The Bertz CT molecular complexity index is 1780. The lowest BCUT2D eigenvalue weighted by atomic mass is 10.2. The van der Waals surface area contributed by atoms with Gasteiger partial charge in [-0.15, -0.1) is 26.3 Å². The lowest BCUT2D eigenvalue weighted by Gasteiger charge is -2.13. The summed E-state index contributed by atoms with van der Waals surface area (Å²) in [6, 6.07) is 9.86. The largest absolute Gasteiger partial charge is 0.573 e. The van der Waals surface area contributed by atoms with Crippen LogP contribution in [0.2, 0.25) is 10.0 Å². The summed E-state index contributed by atoms with van der Waals surface area (Å²) in [7, 11) is 0. The molecule has 0 saturated heterocycles. The van der Waals surface area contributed by atoms with Crippen molar-refractivity contribution in [1.82, 2.24) is 9.97 Å². The van der Waals surface area contributed by atoms with Crippen molar-refractivity contribution in [2.45, 2.75) is 50.2 Å². The summed E-state index contributed by atoms with van der Waals surface area (Å²) in [4.78, 5) is 31.1. The summed E-state index contributed by atoms with van der Waals surface area (Å²) in [5, 5.41) is 7.86. The average molecular weight is 766 g/mol. The molecule has 0 unspecified atom stereocenters. The highest BCUT2D eigenvalue weighted by molar-refractivity contribution is 6.68. The molecule has 0 radical (unpaired) electrons. The molecule has 1 N–H and O–H groups in total. The standard InChI is InChI=1S/C16H10Cl2F3NO3.C16H11ClF3NO4/c17-11-5-9(3-4-13(11)25-16(19,20)21)24-14-6-12(8-1-2-8)22-7-10(14)15(18)23;17-11-5-9(3-4-13(11)25-16(18,19)20)24-14-6-12(8-1-2-8)21-7-10(14)15(22)23/h3-8H,1-2H2;3-8H,1-2H2,(H,22,23). The molecule has 264 valence electrons. The summed E-state index contributed by atoms with van der Waals surface area (Å²) in [5.74, 6) is -1.35. The second-order valence-electron chi connectivity index (χ2n) is 10.8.